The van der Waals surface area contributed by atoms with E-state index in [1.807, 2.05) is 30.3 Å². The fourth-order valence-electron chi connectivity index (χ4n) is 3.07. The minimum atomic E-state index is -0.141. The maximum atomic E-state index is 12.7. The van der Waals surface area contributed by atoms with Gasteiger partial charge >= 0.3 is 0 Å². The number of amides is 1. The first-order chi connectivity index (χ1) is 11.7. The second-order valence-electron chi connectivity index (χ2n) is 5.87. The summed E-state index contributed by atoms with van der Waals surface area (Å²) in [5, 5.41) is 0. The number of methoxy groups -OCH3 is 1. The van der Waals surface area contributed by atoms with Crippen molar-refractivity contribution in [1.29, 1.82) is 0 Å². The van der Waals surface area contributed by atoms with Gasteiger partial charge in [0.1, 0.15) is 11.4 Å². The average molecular weight is 324 g/mol. The lowest BCUT2D eigenvalue weighted by molar-refractivity contribution is 0.0711. The molecular weight excluding hydrogens is 304 g/mol. The predicted molar refractivity (Wildman–Crippen MR) is 90.2 cm³/mol. The Morgan fingerprint density at radius 2 is 2.04 bits per heavy atom. The zero-order chi connectivity index (χ0) is 16.9. The normalized spacial score (nSPS) is 16.9. The van der Waals surface area contributed by atoms with Crippen LogP contribution in [0.25, 0.3) is 0 Å². The van der Waals surface area contributed by atoms with Gasteiger partial charge in [-0.1, -0.05) is 30.3 Å². The molecule has 1 saturated heterocycles. The third kappa shape index (κ3) is 3.45. The number of carbonyl (C=O) groups is 2. The Hall–Kier alpha value is -2.69. The maximum Gasteiger partial charge on any atom is 0.272 e. The van der Waals surface area contributed by atoms with Gasteiger partial charge in [0, 0.05) is 36.8 Å². The van der Waals surface area contributed by atoms with Crippen LogP contribution in [0.1, 0.15) is 40.1 Å². The Morgan fingerprint density at radius 1 is 1.25 bits per heavy atom. The quantitative estimate of drug-likeness (QED) is 0.793. The number of benzene rings is 1. The molecular formula is C19H20N2O3. The minimum Gasteiger partial charge on any atom is -0.497 e. The third-order valence-corrected chi connectivity index (χ3v) is 4.34. The molecule has 0 spiro atoms. The van der Waals surface area contributed by atoms with E-state index in [0.717, 1.165) is 12.8 Å². The molecule has 5 nitrogen and oxygen atoms in total. The van der Waals surface area contributed by atoms with E-state index in [-0.39, 0.29) is 17.7 Å². The predicted octanol–water partition coefficient (Wildman–Crippen LogP) is 2.97. The highest BCUT2D eigenvalue weighted by atomic mass is 16.5. The first-order valence-electron chi connectivity index (χ1n) is 8.08. The average Bonchev–Trinajstić information content (AvgIpc) is 3.10. The number of hydrogen-bond donors (Lipinski definition) is 0. The van der Waals surface area contributed by atoms with Crippen molar-refractivity contribution in [3.05, 3.63) is 59.9 Å². The number of Topliss-reactive ketones (excluding diaryl/α,β-unsaturated/α-hetero) is 1. The molecule has 0 radical (unpaired) electrons. The summed E-state index contributed by atoms with van der Waals surface area (Å²) in [5.41, 5.74) is 1.05. The molecule has 0 N–H and O–H groups in total. The van der Waals surface area contributed by atoms with E-state index in [0.29, 0.717) is 30.0 Å². The lowest BCUT2D eigenvalue weighted by Crippen LogP contribution is -2.37. The van der Waals surface area contributed by atoms with E-state index in [9.17, 15) is 9.59 Å². The third-order valence-electron chi connectivity index (χ3n) is 4.34. The maximum absolute atomic E-state index is 12.7. The summed E-state index contributed by atoms with van der Waals surface area (Å²) < 4.78 is 5.15. The highest BCUT2D eigenvalue weighted by Gasteiger charge is 2.31. The fraction of sp³-hybridized carbons (Fsp3) is 0.316. The number of ketones is 1. The van der Waals surface area contributed by atoms with Gasteiger partial charge in [-0.05, 0) is 18.9 Å². The number of rotatable bonds is 5. The molecule has 124 valence electrons. The van der Waals surface area contributed by atoms with Gasteiger partial charge in [-0.25, -0.2) is 0 Å². The van der Waals surface area contributed by atoms with Gasteiger partial charge in [-0.2, -0.15) is 0 Å². The van der Waals surface area contributed by atoms with Crippen molar-refractivity contribution in [3.8, 4) is 5.75 Å². The number of pyridine rings is 1. The number of carbonyl (C=O) groups excluding carboxylic acids is 2. The van der Waals surface area contributed by atoms with Gasteiger partial charge in [0.15, 0.2) is 5.78 Å². The van der Waals surface area contributed by atoms with Crippen LogP contribution in [-0.2, 0) is 0 Å². The Balaban J connectivity index is 1.73. The summed E-state index contributed by atoms with van der Waals surface area (Å²) in [4.78, 5) is 31.1. The molecule has 1 fully saturated rings. The van der Waals surface area contributed by atoms with Crippen LogP contribution >= 0.6 is 0 Å². The Labute approximate surface area is 141 Å². The van der Waals surface area contributed by atoms with Gasteiger partial charge in [-0.15, -0.1) is 0 Å². The standard InChI is InChI=1S/C19H20N2O3/c1-24-16-9-10-20-17(13-16)19(23)21-11-5-8-15(21)12-18(22)14-6-3-2-4-7-14/h2-4,6-7,9-10,13,15H,5,8,11-12H2,1H3/t15-/m0/s1. The van der Waals surface area contributed by atoms with Crippen molar-refractivity contribution in [3.63, 3.8) is 0 Å². The van der Waals surface area contributed by atoms with Crippen LogP contribution in [0.15, 0.2) is 48.7 Å². The first-order valence-corrected chi connectivity index (χ1v) is 8.08. The topological polar surface area (TPSA) is 59.5 Å². The van der Waals surface area contributed by atoms with Gasteiger partial charge in [0.25, 0.3) is 5.91 Å². The van der Waals surface area contributed by atoms with Gasteiger partial charge in [-0.3, -0.25) is 14.6 Å². The summed E-state index contributed by atoms with van der Waals surface area (Å²) in [5.74, 6) is 0.528. The lowest BCUT2D eigenvalue weighted by Gasteiger charge is -2.24. The Kier molecular flexibility index (Phi) is 4.89. The van der Waals surface area contributed by atoms with Crippen molar-refractivity contribution in [2.75, 3.05) is 13.7 Å². The molecule has 2 aromatic rings. The van der Waals surface area contributed by atoms with Crippen LogP contribution in [0.4, 0.5) is 0 Å². The molecule has 0 bridgehead atoms. The smallest absolute Gasteiger partial charge is 0.272 e. The highest BCUT2D eigenvalue weighted by Crippen LogP contribution is 2.24. The van der Waals surface area contributed by atoms with Crippen LogP contribution in [0.3, 0.4) is 0 Å². The molecule has 1 aliphatic heterocycles. The molecule has 1 aliphatic rings. The van der Waals surface area contributed by atoms with Gasteiger partial charge in [0.05, 0.1) is 7.11 Å². The highest BCUT2D eigenvalue weighted by molar-refractivity contribution is 5.97. The van der Waals surface area contributed by atoms with Crippen LogP contribution in [0, 0.1) is 0 Å². The number of hydrogen-bond acceptors (Lipinski definition) is 4. The van der Waals surface area contributed by atoms with E-state index < -0.39 is 0 Å². The molecule has 1 aromatic heterocycles. The summed E-state index contributed by atoms with van der Waals surface area (Å²) in [7, 11) is 1.56. The molecule has 1 atom stereocenters. The van der Waals surface area contributed by atoms with E-state index in [1.54, 1.807) is 30.3 Å². The molecule has 3 rings (SSSR count). The second kappa shape index (κ2) is 7.25. The lowest BCUT2D eigenvalue weighted by atomic mass is 10.0. The van der Waals surface area contributed by atoms with Crippen molar-refractivity contribution < 1.29 is 14.3 Å². The number of aromatic nitrogens is 1. The van der Waals surface area contributed by atoms with Gasteiger partial charge < -0.3 is 9.64 Å². The zero-order valence-electron chi connectivity index (χ0n) is 13.6. The SMILES string of the molecule is COc1ccnc(C(=O)N2CCC[C@H]2CC(=O)c2ccccc2)c1. The largest absolute Gasteiger partial charge is 0.497 e. The summed E-state index contributed by atoms with van der Waals surface area (Å²) >= 11 is 0. The number of nitrogens with zero attached hydrogens (tertiary/aromatic N) is 2. The summed E-state index contributed by atoms with van der Waals surface area (Å²) in [6, 6.07) is 12.5. The Morgan fingerprint density at radius 3 is 2.79 bits per heavy atom. The number of ether oxygens (including phenoxy) is 1. The molecule has 2 heterocycles. The van der Waals surface area contributed by atoms with Gasteiger partial charge in [0.2, 0.25) is 0 Å². The van der Waals surface area contributed by atoms with Crippen molar-refractivity contribution >= 4 is 11.7 Å². The van der Waals surface area contributed by atoms with Crippen molar-refractivity contribution in [2.24, 2.45) is 0 Å². The monoisotopic (exact) mass is 324 g/mol. The number of likely N-dealkylation sites (tertiary alicyclic amines) is 1. The summed E-state index contributed by atoms with van der Waals surface area (Å²) in [6.45, 7) is 0.657. The van der Waals surface area contributed by atoms with Crippen molar-refractivity contribution in [2.45, 2.75) is 25.3 Å². The minimum absolute atomic E-state index is 0.0684. The van der Waals surface area contributed by atoms with Crippen LogP contribution < -0.4 is 4.74 Å². The zero-order valence-corrected chi connectivity index (χ0v) is 13.6. The molecule has 1 aromatic carbocycles. The second-order valence-corrected chi connectivity index (χ2v) is 5.87. The molecule has 24 heavy (non-hydrogen) atoms. The van der Waals surface area contributed by atoms with Crippen LogP contribution in [0.2, 0.25) is 0 Å². The molecule has 0 unspecified atom stereocenters. The molecule has 5 heteroatoms. The van der Waals surface area contributed by atoms with Crippen LogP contribution in [-0.4, -0.2) is 41.3 Å². The molecule has 0 saturated carbocycles. The summed E-state index contributed by atoms with van der Waals surface area (Å²) in [6.07, 6.45) is 3.66. The fourth-order valence-corrected chi connectivity index (χ4v) is 3.07. The van der Waals surface area contributed by atoms with E-state index in [2.05, 4.69) is 4.98 Å². The molecule has 0 aliphatic carbocycles. The van der Waals surface area contributed by atoms with E-state index in [4.69, 9.17) is 4.74 Å². The van der Waals surface area contributed by atoms with Crippen LogP contribution in [0.5, 0.6) is 5.75 Å². The Bertz CT molecular complexity index is 730. The van der Waals surface area contributed by atoms with E-state index >= 15 is 0 Å². The molecule has 1 amide bonds. The van der Waals surface area contributed by atoms with Crippen molar-refractivity contribution in [1.82, 2.24) is 9.88 Å². The van der Waals surface area contributed by atoms with E-state index in [1.165, 1.54) is 0 Å². The first kappa shape index (κ1) is 16.2.